The van der Waals surface area contributed by atoms with Crippen LogP contribution in [0.1, 0.15) is 61.1 Å². The Morgan fingerprint density at radius 1 is 1.17 bits per heavy atom. The van der Waals surface area contributed by atoms with Crippen molar-refractivity contribution in [1.29, 1.82) is 0 Å². The standard InChI is InChI=1S/C23H24FNO4/c1-23(2,3)18-11-14(10-13-4-6-15(24)7-5-13)21(29-18)19(26)17-12-25(16-8-9-16)22(28)20(17)27/h4-7,11,16-17H,8-10,12H2,1-3H3. The maximum absolute atomic E-state index is 13.2. The Hall–Kier alpha value is -2.76. The molecule has 2 aromatic rings. The Balaban J connectivity index is 1.67. The van der Waals surface area contributed by atoms with Gasteiger partial charge in [0.25, 0.3) is 5.91 Å². The van der Waals surface area contributed by atoms with Crippen LogP contribution < -0.4 is 0 Å². The number of halogens is 1. The number of Topliss-reactive ketones (excluding diaryl/α,β-unsaturated/α-hetero) is 2. The van der Waals surface area contributed by atoms with E-state index in [0.29, 0.717) is 17.7 Å². The lowest BCUT2D eigenvalue weighted by Gasteiger charge is -2.14. The zero-order valence-electron chi connectivity index (χ0n) is 16.8. The number of furan rings is 1. The van der Waals surface area contributed by atoms with Crippen molar-refractivity contribution in [3.63, 3.8) is 0 Å². The topological polar surface area (TPSA) is 67.6 Å². The van der Waals surface area contributed by atoms with Crippen molar-refractivity contribution in [3.8, 4) is 0 Å². The van der Waals surface area contributed by atoms with Crippen LogP contribution in [0.4, 0.5) is 4.39 Å². The van der Waals surface area contributed by atoms with E-state index in [2.05, 4.69) is 0 Å². The van der Waals surface area contributed by atoms with E-state index in [9.17, 15) is 18.8 Å². The van der Waals surface area contributed by atoms with Gasteiger partial charge in [-0.25, -0.2) is 4.39 Å². The lowest BCUT2D eigenvalue weighted by Crippen LogP contribution is -2.29. The van der Waals surface area contributed by atoms with E-state index >= 15 is 0 Å². The zero-order valence-corrected chi connectivity index (χ0v) is 16.8. The van der Waals surface area contributed by atoms with Gasteiger partial charge in [0.05, 0.1) is 0 Å². The van der Waals surface area contributed by atoms with Crippen molar-refractivity contribution in [1.82, 2.24) is 4.90 Å². The minimum absolute atomic E-state index is 0.0877. The molecule has 5 nitrogen and oxygen atoms in total. The predicted octanol–water partition coefficient (Wildman–Crippen LogP) is 3.68. The Morgan fingerprint density at radius 3 is 2.41 bits per heavy atom. The molecule has 1 unspecified atom stereocenters. The summed E-state index contributed by atoms with van der Waals surface area (Å²) in [5, 5.41) is 0. The molecule has 1 saturated heterocycles. The van der Waals surface area contributed by atoms with E-state index < -0.39 is 23.4 Å². The SMILES string of the molecule is CC(C)(C)c1cc(Cc2ccc(F)cc2)c(C(=O)C2CN(C3CC3)C(=O)C2=O)o1. The zero-order chi connectivity index (χ0) is 20.9. The number of benzene rings is 1. The molecule has 1 aromatic heterocycles. The second-order valence-corrected chi connectivity index (χ2v) is 8.99. The van der Waals surface area contributed by atoms with E-state index in [1.165, 1.54) is 17.0 Å². The highest BCUT2D eigenvalue weighted by Gasteiger charge is 2.49. The molecule has 4 rings (SSSR count). The fourth-order valence-corrected chi connectivity index (χ4v) is 3.67. The van der Waals surface area contributed by atoms with E-state index in [0.717, 1.165) is 18.4 Å². The van der Waals surface area contributed by atoms with Crippen LogP contribution in [0.5, 0.6) is 0 Å². The lowest BCUT2D eigenvalue weighted by molar-refractivity contribution is -0.140. The number of ketones is 2. The molecule has 2 heterocycles. The molecular weight excluding hydrogens is 373 g/mol. The Morgan fingerprint density at radius 2 is 1.83 bits per heavy atom. The van der Waals surface area contributed by atoms with Crippen molar-refractivity contribution in [3.05, 3.63) is 58.8 Å². The molecule has 0 bridgehead atoms. The number of amides is 1. The van der Waals surface area contributed by atoms with Gasteiger partial charge in [-0.05, 0) is 36.6 Å². The smallest absolute Gasteiger partial charge is 0.291 e. The third kappa shape index (κ3) is 3.76. The quantitative estimate of drug-likeness (QED) is 0.439. The molecule has 6 heteroatoms. The molecule has 1 aliphatic carbocycles. The summed E-state index contributed by atoms with van der Waals surface area (Å²) < 4.78 is 19.2. The molecule has 2 aliphatic rings. The van der Waals surface area contributed by atoms with Gasteiger partial charge in [-0.15, -0.1) is 0 Å². The van der Waals surface area contributed by atoms with Crippen LogP contribution in [0, 0.1) is 11.7 Å². The first-order valence-electron chi connectivity index (χ1n) is 9.92. The molecule has 1 aliphatic heterocycles. The third-order valence-corrected chi connectivity index (χ3v) is 5.55. The largest absolute Gasteiger partial charge is 0.457 e. The van der Waals surface area contributed by atoms with Gasteiger partial charge in [0.15, 0.2) is 5.76 Å². The van der Waals surface area contributed by atoms with Gasteiger partial charge in [0.1, 0.15) is 17.5 Å². The Labute approximate surface area is 168 Å². The molecule has 1 saturated carbocycles. The van der Waals surface area contributed by atoms with Crippen LogP contribution in [-0.4, -0.2) is 35.0 Å². The van der Waals surface area contributed by atoms with Crippen molar-refractivity contribution in [2.24, 2.45) is 5.92 Å². The first-order valence-corrected chi connectivity index (χ1v) is 9.92. The number of carbonyl (C=O) groups is 3. The lowest BCUT2D eigenvalue weighted by atomic mass is 9.92. The van der Waals surface area contributed by atoms with Crippen molar-refractivity contribution in [2.45, 2.75) is 51.5 Å². The molecule has 0 radical (unpaired) electrons. The van der Waals surface area contributed by atoms with Gasteiger partial charge in [0.2, 0.25) is 11.6 Å². The molecular formula is C23H24FNO4. The van der Waals surface area contributed by atoms with Gasteiger partial charge in [-0.2, -0.15) is 0 Å². The fraction of sp³-hybridized carbons (Fsp3) is 0.435. The normalized spacial score (nSPS) is 19.9. The van der Waals surface area contributed by atoms with E-state index in [-0.39, 0.29) is 29.6 Å². The van der Waals surface area contributed by atoms with E-state index in [1.54, 1.807) is 12.1 Å². The number of rotatable bonds is 5. The van der Waals surface area contributed by atoms with E-state index in [1.807, 2.05) is 26.8 Å². The molecule has 29 heavy (non-hydrogen) atoms. The second-order valence-electron chi connectivity index (χ2n) is 8.99. The summed E-state index contributed by atoms with van der Waals surface area (Å²) >= 11 is 0. The van der Waals surface area contributed by atoms with E-state index in [4.69, 9.17) is 4.42 Å². The summed E-state index contributed by atoms with van der Waals surface area (Å²) in [7, 11) is 0. The highest BCUT2D eigenvalue weighted by atomic mass is 19.1. The Bertz CT molecular complexity index is 979. The summed E-state index contributed by atoms with van der Waals surface area (Å²) in [4.78, 5) is 39.5. The average molecular weight is 397 g/mol. The first-order chi connectivity index (χ1) is 13.6. The summed E-state index contributed by atoms with van der Waals surface area (Å²) in [5.74, 6) is -2.25. The predicted molar refractivity (Wildman–Crippen MR) is 104 cm³/mol. The number of carbonyl (C=O) groups excluding carboxylic acids is 3. The van der Waals surface area contributed by atoms with Gasteiger partial charge in [-0.1, -0.05) is 32.9 Å². The molecule has 1 aromatic carbocycles. The molecule has 0 spiro atoms. The second kappa shape index (κ2) is 6.94. The van der Waals surface area contributed by atoms with Crippen LogP contribution in [0.3, 0.4) is 0 Å². The van der Waals surface area contributed by atoms with Crippen LogP contribution in [-0.2, 0) is 21.4 Å². The first kappa shape index (κ1) is 19.6. The maximum atomic E-state index is 13.2. The van der Waals surface area contributed by atoms with Crippen LogP contribution in [0.15, 0.2) is 34.7 Å². The highest BCUT2D eigenvalue weighted by Crippen LogP contribution is 2.35. The molecule has 152 valence electrons. The van der Waals surface area contributed by atoms with Gasteiger partial charge in [-0.3, -0.25) is 14.4 Å². The molecule has 1 amide bonds. The summed E-state index contributed by atoms with van der Waals surface area (Å²) in [6, 6.07) is 7.97. The van der Waals surface area contributed by atoms with Crippen LogP contribution in [0.25, 0.3) is 0 Å². The van der Waals surface area contributed by atoms with Gasteiger partial charge in [0, 0.05) is 30.0 Å². The number of nitrogens with zero attached hydrogens (tertiary/aromatic N) is 1. The van der Waals surface area contributed by atoms with Crippen molar-refractivity contribution in [2.75, 3.05) is 6.54 Å². The number of likely N-dealkylation sites (tertiary alicyclic amines) is 1. The number of hydrogen-bond acceptors (Lipinski definition) is 4. The van der Waals surface area contributed by atoms with Crippen molar-refractivity contribution < 1.29 is 23.2 Å². The average Bonchev–Trinajstić information content (AvgIpc) is 3.34. The molecule has 1 atom stereocenters. The van der Waals surface area contributed by atoms with Gasteiger partial charge >= 0.3 is 0 Å². The highest BCUT2D eigenvalue weighted by molar-refractivity contribution is 6.43. The van der Waals surface area contributed by atoms with Crippen LogP contribution >= 0.6 is 0 Å². The van der Waals surface area contributed by atoms with Crippen LogP contribution in [0.2, 0.25) is 0 Å². The summed E-state index contributed by atoms with van der Waals surface area (Å²) in [6.07, 6.45) is 2.14. The molecule has 0 N–H and O–H groups in total. The monoisotopic (exact) mass is 397 g/mol. The third-order valence-electron chi connectivity index (χ3n) is 5.55. The minimum atomic E-state index is -1.02. The van der Waals surface area contributed by atoms with Gasteiger partial charge < -0.3 is 9.32 Å². The summed E-state index contributed by atoms with van der Waals surface area (Å²) in [5.41, 5.74) is 1.15. The van der Waals surface area contributed by atoms with Crippen molar-refractivity contribution >= 4 is 17.5 Å². The Kier molecular flexibility index (Phi) is 4.68. The fourth-order valence-electron chi connectivity index (χ4n) is 3.67. The minimum Gasteiger partial charge on any atom is -0.457 e. The maximum Gasteiger partial charge on any atom is 0.291 e. The summed E-state index contributed by atoms with van der Waals surface area (Å²) in [6.45, 7) is 6.05. The number of hydrogen-bond donors (Lipinski definition) is 0. The molecule has 2 fully saturated rings.